The van der Waals surface area contributed by atoms with Gasteiger partial charge in [0, 0.05) is 12.1 Å². The summed E-state index contributed by atoms with van der Waals surface area (Å²) in [6, 6.07) is 11.9. The van der Waals surface area contributed by atoms with Crippen LogP contribution in [0, 0.1) is 12.7 Å². The molecule has 0 saturated heterocycles. The summed E-state index contributed by atoms with van der Waals surface area (Å²) in [5, 5.41) is 2.67. The van der Waals surface area contributed by atoms with E-state index in [1.165, 1.54) is 6.07 Å². The monoisotopic (exact) mass is 317 g/mol. The number of ether oxygens (including phenoxy) is 2. The maximum atomic E-state index is 13.4. The minimum atomic E-state index is -0.328. The molecule has 4 nitrogen and oxygen atoms in total. The number of benzene rings is 2. The van der Waals surface area contributed by atoms with E-state index in [-0.39, 0.29) is 11.7 Å². The first-order chi connectivity index (χ1) is 11.1. The molecule has 2 aromatic carbocycles. The lowest BCUT2D eigenvalue weighted by atomic mass is 10.2. The zero-order valence-corrected chi connectivity index (χ0v) is 13.3. The molecule has 0 aliphatic heterocycles. The Morgan fingerprint density at radius 2 is 1.83 bits per heavy atom. The number of carbonyl (C=O) groups excluding carboxylic acids is 1. The minimum absolute atomic E-state index is 0.161. The third kappa shape index (κ3) is 5.29. The van der Waals surface area contributed by atoms with Crippen molar-refractivity contribution < 1.29 is 18.7 Å². The van der Waals surface area contributed by atoms with Gasteiger partial charge >= 0.3 is 0 Å². The van der Waals surface area contributed by atoms with E-state index >= 15 is 0 Å². The summed E-state index contributed by atoms with van der Waals surface area (Å²) < 4.78 is 24.0. The van der Waals surface area contributed by atoms with Crippen LogP contribution in [0.4, 0.5) is 10.1 Å². The molecular weight excluding hydrogens is 297 g/mol. The van der Waals surface area contributed by atoms with Crippen molar-refractivity contribution in [3.63, 3.8) is 0 Å². The molecule has 0 atom stereocenters. The number of hydrogen-bond acceptors (Lipinski definition) is 3. The summed E-state index contributed by atoms with van der Waals surface area (Å²) >= 11 is 0. The molecule has 2 rings (SSSR count). The number of methoxy groups -OCH3 is 1. The van der Waals surface area contributed by atoms with Crippen LogP contribution in [-0.2, 0) is 4.79 Å². The second kappa shape index (κ2) is 8.17. The fraction of sp³-hybridized carbons (Fsp3) is 0.278. The molecule has 0 heterocycles. The molecule has 0 unspecified atom stereocenters. The zero-order chi connectivity index (χ0) is 16.7. The van der Waals surface area contributed by atoms with E-state index in [0.29, 0.717) is 30.7 Å². The predicted molar refractivity (Wildman–Crippen MR) is 87.5 cm³/mol. The predicted octanol–water partition coefficient (Wildman–Crippen LogP) is 3.94. The minimum Gasteiger partial charge on any atom is -0.497 e. The summed E-state index contributed by atoms with van der Waals surface area (Å²) in [7, 11) is 1.61. The molecule has 0 fully saturated rings. The van der Waals surface area contributed by atoms with E-state index < -0.39 is 0 Å². The summed E-state index contributed by atoms with van der Waals surface area (Å²) in [5.41, 5.74) is 1.02. The van der Waals surface area contributed by atoms with E-state index in [2.05, 4.69) is 5.32 Å². The van der Waals surface area contributed by atoms with Gasteiger partial charge < -0.3 is 14.8 Å². The quantitative estimate of drug-likeness (QED) is 0.787. The normalized spacial score (nSPS) is 10.2. The third-order valence-corrected chi connectivity index (χ3v) is 3.33. The van der Waals surface area contributed by atoms with Gasteiger partial charge in [-0.1, -0.05) is 6.07 Å². The van der Waals surface area contributed by atoms with Crippen molar-refractivity contribution in [2.45, 2.75) is 19.8 Å². The molecule has 5 heteroatoms. The molecule has 2 aromatic rings. The maximum absolute atomic E-state index is 13.4. The van der Waals surface area contributed by atoms with Crippen molar-refractivity contribution in [1.29, 1.82) is 0 Å². The van der Waals surface area contributed by atoms with E-state index in [4.69, 9.17) is 9.47 Å². The van der Waals surface area contributed by atoms with Crippen molar-refractivity contribution in [3.05, 3.63) is 53.8 Å². The summed E-state index contributed by atoms with van der Waals surface area (Å²) in [6.07, 6.45) is 0.887. The Morgan fingerprint density at radius 1 is 1.13 bits per heavy atom. The number of halogens is 1. The lowest BCUT2D eigenvalue weighted by Crippen LogP contribution is -2.13. The van der Waals surface area contributed by atoms with Gasteiger partial charge in [-0.05, 0) is 55.3 Å². The largest absolute Gasteiger partial charge is 0.497 e. The molecule has 0 aliphatic rings. The highest BCUT2D eigenvalue weighted by molar-refractivity contribution is 5.90. The van der Waals surface area contributed by atoms with Crippen molar-refractivity contribution in [3.8, 4) is 11.5 Å². The second-order valence-electron chi connectivity index (χ2n) is 5.14. The number of amides is 1. The van der Waals surface area contributed by atoms with E-state index in [0.717, 1.165) is 11.5 Å². The second-order valence-corrected chi connectivity index (χ2v) is 5.14. The number of carbonyl (C=O) groups is 1. The SMILES string of the molecule is COc1ccc(OCCCC(=O)Nc2ccc(C)c(F)c2)cc1. The summed E-state index contributed by atoms with van der Waals surface area (Å²) in [4.78, 5) is 11.8. The molecule has 0 aromatic heterocycles. The topological polar surface area (TPSA) is 47.6 Å². The first-order valence-electron chi connectivity index (χ1n) is 7.41. The Bertz CT molecular complexity index is 656. The molecule has 0 saturated carbocycles. The van der Waals surface area contributed by atoms with Gasteiger partial charge in [-0.2, -0.15) is 0 Å². The average molecular weight is 317 g/mol. The molecular formula is C18H20FNO3. The Hall–Kier alpha value is -2.56. The zero-order valence-electron chi connectivity index (χ0n) is 13.3. The molecule has 0 aliphatic carbocycles. The first kappa shape index (κ1) is 16.8. The number of aryl methyl sites for hydroxylation is 1. The maximum Gasteiger partial charge on any atom is 0.224 e. The van der Waals surface area contributed by atoms with Crippen LogP contribution in [0.25, 0.3) is 0 Å². The Kier molecular flexibility index (Phi) is 5.97. The smallest absolute Gasteiger partial charge is 0.224 e. The van der Waals surface area contributed by atoms with Gasteiger partial charge in [-0.15, -0.1) is 0 Å². The Balaban J connectivity index is 1.70. The van der Waals surface area contributed by atoms with Crippen LogP contribution in [0.5, 0.6) is 11.5 Å². The van der Waals surface area contributed by atoms with Gasteiger partial charge in [-0.25, -0.2) is 4.39 Å². The van der Waals surface area contributed by atoms with Gasteiger partial charge in [0.2, 0.25) is 5.91 Å². The molecule has 0 spiro atoms. The van der Waals surface area contributed by atoms with E-state index in [9.17, 15) is 9.18 Å². The highest BCUT2D eigenvalue weighted by atomic mass is 19.1. The molecule has 122 valence electrons. The summed E-state index contributed by atoms with van der Waals surface area (Å²) in [6.45, 7) is 2.11. The van der Waals surface area contributed by atoms with E-state index in [1.54, 1.807) is 26.2 Å². The van der Waals surface area contributed by atoms with Crippen molar-refractivity contribution >= 4 is 11.6 Å². The van der Waals surface area contributed by atoms with Crippen LogP contribution in [0.2, 0.25) is 0 Å². The van der Waals surface area contributed by atoms with Crippen LogP contribution in [0.1, 0.15) is 18.4 Å². The lowest BCUT2D eigenvalue weighted by Gasteiger charge is -2.08. The molecule has 1 amide bonds. The van der Waals surface area contributed by atoms with Crippen LogP contribution >= 0.6 is 0 Å². The Labute approximate surface area is 135 Å². The molecule has 0 bridgehead atoms. The molecule has 0 radical (unpaired) electrons. The van der Waals surface area contributed by atoms with E-state index in [1.807, 2.05) is 24.3 Å². The highest BCUT2D eigenvalue weighted by Gasteiger charge is 2.05. The van der Waals surface area contributed by atoms with Crippen molar-refractivity contribution in [2.75, 3.05) is 19.0 Å². The van der Waals surface area contributed by atoms with Gasteiger partial charge in [-0.3, -0.25) is 4.79 Å². The van der Waals surface area contributed by atoms with Gasteiger partial charge in [0.25, 0.3) is 0 Å². The van der Waals surface area contributed by atoms with Crippen LogP contribution in [-0.4, -0.2) is 19.6 Å². The van der Waals surface area contributed by atoms with Crippen molar-refractivity contribution in [1.82, 2.24) is 0 Å². The highest BCUT2D eigenvalue weighted by Crippen LogP contribution is 2.17. The fourth-order valence-electron chi connectivity index (χ4n) is 1.99. The van der Waals surface area contributed by atoms with Crippen LogP contribution in [0.15, 0.2) is 42.5 Å². The lowest BCUT2D eigenvalue weighted by molar-refractivity contribution is -0.116. The summed E-state index contributed by atoms with van der Waals surface area (Å²) in [5.74, 6) is 1.01. The van der Waals surface area contributed by atoms with Gasteiger partial charge in [0.1, 0.15) is 17.3 Å². The van der Waals surface area contributed by atoms with Crippen LogP contribution < -0.4 is 14.8 Å². The number of nitrogens with one attached hydrogen (secondary N) is 1. The van der Waals surface area contributed by atoms with Gasteiger partial charge in [0.05, 0.1) is 13.7 Å². The number of hydrogen-bond donors (Lipinski definition) is 1. The standard InChI is InChI=1S/C18H20FNO3/c1-13-5-6-14(12-17(13)19)20-18(21)4-3-11-23-16-9-7-15(22-2)8-10-16/h5-10,12H,3-4,11H2,1-2H3,(H,20,21). The Morgan fingerprint density at radius 3 is 2.48 bits per heavy atom. The average Bonchev–Trinajstić information content (AvgIpc) is 2.55. The van der Waals surface area contributed by atoms with Gasteiger partial charge in [0.15, 0.2) is 0 Å². The molecule has 23 heavy (non-hydrogen) atoms. The number of anilines is 1. The first-order valence-corrected chi connectivity index (χ1v) is 7.41. The van der Waals surface area contributed by atoms with Crippen molar-refractivity contribution in [2.24, 2.45) is 0 Å². The van der Waals surface area contributed by atoms with Crippen LogP contribution in [0.3, 0.4) is 0 Å². The fourth-order valence-corrected chi connectivity index (χ4v) is 1.99. The third-order valence-electron chi connectivity index (χ3n) is 3.33. The number of rotatable bonds is 7. The molecule has 1 N–H and O–H groups in total.